The molecule has 148 valence electrons. The van der Waals surface area contributed by atoms with Crippen LogP contribution in [0.3, 0.4) is 0 Å². The summed E-state index contributed by atoms with van der Waals surface area (Å²) >= 11 is 0. The second-order valence-electron chi connectivity index (χ2n) is 7.84. The van der Waals surface area contributed by atoms with Crippen molar-refractivity contribution in [1.82, 2.24) is 4.31 Å². The van der Waals surface area contributed by atoms with Crippen LogP contribution < -0.4 is 4.74 Å². The molecule has 0 radical (unpaired) electrons. The Bertz CT molecular complexity index is 837. The number of benzene rings is 2. The van der Waals surface area contributed by atoms with Crippen LogP contribution in [0.2, 0.25) is 0 Å². The molecule has 1 atom stereocenters. The number of ether oxygens (including phenoxy) is 1. The molecule has 0 fully saturated rings. The second-order valence-corrected chi connectivity index (χ2v) is 9.88. The molecule has 2 aromatic rings. The molecule has 0 spiro atoms. The van der Waals surface area contributed by atoms with Gasteiger partial charge in [0.05, 0.1) is 4.90 Å². The molecule has 1 N–H and O–H groups in total. The van der Waals surface area contributed by atoms with Crippen LogP contribution in [-0.2, 0) is 15.4 Å². The van der Waals surface area contributed by atoms with Gasteiger partial charge in [-0.05, 0) is 42.2 Å². The zero-order valence-electron chi connectivity index (χ0n) is 16.6. The largest absolute Gasteiger partial charge is 0.491 e. The van der Waals surface area contributed by atoms with E-state index in [-0.39, 0.29) is 23.5 Å². The fourth-order valence-corrected chi connectivity index (χ4v) is 3.79. The summed E-state index contributed by atoms with van der Waals surface area (Å²) in [7, 11) is -2.18. The van der Waals surface area contributed by atoms with E-state index in [9.17, 15) is 13.5 Å². The highest BCUT2D eigenvalue weighted by atomic mass is 32.2. The van der Waals surface area contributed by atoms with Gasteiger partial charge in [0.2, 0.25) is 10.0 Å². The quantitative estimate of drug-likeness (QED) is 0.786. The van der Waals surface area contributed by atoms with Gasteiger partial charge in [0, 0.05) is 13.6 Å². The molecule has 2 aromatic carbocycles. The van der Waals surface area contributed by atoms with Crippen LogP contribution in [0.5, 0.6) is 5.75 Å². The van der Waals surface area contributed by atoms with E-state index in [0.29, 0.717) is 5.75 Å². The van der Waals surface area contributed by atoms with Crippen LogP contribution in [0.25, 0.3) is 0 Å². The Kier molecular flexibility index (Phi) is 6.68. The van der Waals surface area contributed by atoms with Gasteiger partial charge in [0.25, 0.3) is 0 Å². The first-order valence-electron chi connectivity index (χ1n) is 8.94. The summed E-state index contributed by atoms with van der Waals surface area (Å²) in [4.78, 5) is 0.210. The number of nitrogens with zero attached hydrogens (tertiary/aromatic N) is 1. The maximum absolute atomic E-state index is 12.6. The second kappa shape index (κ2) is 8.42. The van der Waals surface area contributed by atoms with Gasteiger partial charge in [-0.15, -0.1) is 0 Å². The maximum atomic E-state index is 12.6. The number of sulfonamides is 1. The zero-order chi connectivity index (χ0) is 20.2. The number of hydrogen-bond donors (Lipinski definition) is 1. The molecular formula is C21H29NO4S. The topological polar surface area (TPSA) is 66.8 Å². The summed E-state index contributed by atoms with van der Waals surface area (Å²) in [6, 6.07) is 14.4. The average Bonchev–Trinajstić information content (AvgIpc) is 2.60. The number of aryl methyl sites for hydroxylation is 1. The van der Waals surface area contributed by atoms with Crippen LogP contribution in [0, 0.1) is 6.92 Å². The van der Waals surface area contributed by atoms with Crippen molar-refractivity contribution in [3.05, 3.63) is 59.7 Å². The molecule has 6 heteroatoms. The minimum Gasteiger partial charge on any atom is -0.491 e. The van der Waals surface area contributed by atoms with Gasteiger partial charge in [0.15, 0.2) is 0 Å². The van der Waals surface area contributed by atoms with Gasteiger partial charge in [-0.2, -0.15) is 4.31 Å². The first kappa shape index (κ1) is 21.4. The van der Waals surface area contributed by atoms with Gasteiger partial charge in [-0.3, -0.25) is 0 Å². The third kappa shape index (κ3) is 5.79. The van der Waals surface area contributed by atoms with Gasteiger partial charge in [-0.1, -0.05) is 50.6 Å². The Labute approximate surface area is 162 Å². The molecule has 0 aliphatic heterocycles. The molecule has 0 saturated heterocycles. The van der Waals surface area contributed by atoms with E-state index in [4.69, 9.17) is 4.74 Å². The van der Waals surface area contributed by atoms with Crippen molar-refractivity contribution in [2.24, 2.45) is 0 Å². The van der Waals surface area contributed by atoms with Gasteiger partial charge in [0.1, 0.15) is 18.5 Å². The van der Waals surface area contributed by atoms with Crippen molar-refractivity contribution in [2.75, 3.05) is 20.2 Å². The van der Waals surface area contributed by atoms with Crippen LogP contribution in [-0.4, -0.2) is 44.1 Å². The Morgan fingerprint density at radius 1 is 1.04 bits per heavy atom. The third-order valence-electron chi connectivity index (χ3n) is 4.36. The van der Waals surface area contributed by atoms with Crippen molar-refractivity contribution >= 4 is 10.0 Å². The molecule has 0 aliphatic carbocycles. The molecule has 0 bridgehead atoms. The van der Waals surface area contributed by atoms with E-state index in [0.717, 1.165) is 9.87 Å². The van der Waals surface area contributed by atoms with Gasteiger partial charge < -0.3 is 9.84 Å². The van der Waals surface area contributed by atoms with Crippen molar-refractivity contribution in [2.45, 2.75) is 44.1 Å². The normalized spacial score (nSPS) is 13.6. The van der Waals surface area contributed by atoms with E-state index in [2.05, 4.69) is 20.8 Å². The number of aliphatic hydroxyl groups excluding tert-OH is 1. The van der Waals surface area contributed by atoms with Gasteiger partial charge >= 0.3 is 0 Å². The summed E-state index contributed by atoms with van der Waals surface area (Å²) in [5, 5.41) is 10.2. The molecule has 27 heavy (non-hydrogen) atoms. The average molecular weight is 392 g/mol. The van der Waals surface area contributed by atoms with Crippen molar-refractivity contribution in [3.8, 4) is 5.75 Å². The highest BCUT2D eigenvalue weighted by molar-refractivity contribution is 7.89. The number of hydrogen-bond acceptors (Lipinski definition) is 4. The summed E-state index contributed by atoms with van der Waals surface area (Å²) in [5.41, 5.74) is 2.24. The minimum absolute atomic E-state index is 0.0165. The zero-order valence-corrected chi connectivity index (χ0v) is 17.5. The number of likely N-dealkylation sites (N-methyl/N-ethyl adjacent to an activating group) is 1. The van der Waals surface area contributed by atoms with Crippen LogP contribution in [0.15, 0.2) is 53.4 Å². The number of rotatable bonds is 7. The predicted molar refractivity (Wildman–Crippen MR) is 108 cm³/mol. The first-order valence-corrected chi connectivity index (χ1v) is 10.4. The maximum Gasteiger partial charge on any atom is 0.242 e. The van der Waals surface area contributed by atoms with E-state index in [1.54, 1.807) is 24.3 Å². The van der Waals surface area contributed by atoms with E-state index < -0.39 is 16.1 Å². The summed E-state index contributed by atoms with van der Waals surface area (Å²) in [5.74, 6) is 0.645. The predicted octanol–water partition coefficient (Wildman–Crippen LogP) is 3.35. The Morgan fingerprint density at radius 3 is 2.11 bits per heavy atom. The standard InChI is InChI=1S/C21H29NO4S/c1-16-6-12-20(13-7-16)27(24,25)22(5)14-18(23)15-26-19-10-8-17(9-11-19)21(2,3)4/h6-13,18,23H,14-15H2,1-5H3/t18-/m1/s1. The molecule has 2 rings (SSSR count). The number of aliphatic hydroxyl groups is 1. The van der Waals surface area contributed by atoms with Crippen molar-refractivity contribution in [3.63, 3.8) is 0 Å². The SMILES string of the molecule is Cc1ccc(S(=O)(=O)N(C)C[C@@H](O)COc2ccc(C(C)(C)C)cc2)cc1. The lowest BCUT2D eigenvalue weighted by molar-refractivity contribution is 0.0935. The lowest BCUT2D eigenvalue weighted by atomic mass is 9.87. The molecule has 0 aliphatic rings. The fourth-order valence-electron chi connectivity index (χ4n) is 2.58. The monoisotopic (exact) mass is 391 g/mol. The van der Waals surface area contributed by atoms with Crippen molar-refractivity contribution in [1.29, 1.82) is 0 Å². The molecule has 0 saturated carbocycles. The van der Waals surface area contributed by atoms with Crippen LogP contribution in [0.4, 0.5) is 0 Å². The van der Waals surface area contributed by atoms with Gasteiger partial charge in [-0.25, -0.2) is 8.42 Å². The fraction of sp³-hybridized carbons (Fsp3) is 0.429. The van der Waals surface area contributed by atoms with E-state index in [1.807, 2.05) is 31.2 Å². The third-order valence-corrected chi connectivity index (χ3v) is 6.20. The minimum atomic E-state index is -3.64. The highest BCUT2D eigenvalue weighted by Crippen LogP contribution is 2.24. The van der Waals surface area contributed by atoms with Crippen LogP contribution in [0.1, 0.15) is 31.9 Å². The molecule has 0 heterocycles. The Morgan fingerprint density at radius 2 is 1.59 bits per heavy atom. The molecule has 0 aromatic heterocycles. The molecular weight excluding hydrogens is 362 g/mol. The Hall–Kier alpha value is -1.89. The van der Waals surface area contributed by atoms with Crippen molar-refractivity contribution < 1.29 is 18.3 Å². The summed E-state index contributed by atoms with van der Waals surface area (Å²) in [6.45, 7) is 8.28. The van der Waals surface area contributed by atoms with E-state index in [1.165, 1.54) is 12.6 Å². The molecule has 0 unspecified atom stereocenters. The smallest absolute Gasteiger partial charge is 0.242 e. The first-order chi connectivity index (χ1) is 12.5. The van der Waals surface area contributed by atoms with Crippen LogP contribution >= 0.6 is 0 Å². The molecule has 0 amide bonds. The summed E-state index contributed by atoms with van der Waals surface area (Å²) in [6.07, 6.45) is -0.933. The summed E-state index contributed by atoms with van der Waals surface area (Å²) < 4.78 is 31.9. The van der Waals surface area contributed by atoms with E-state index >= 15 is 0 Å². The molecule has 5 nitrogen and oxygen atoms in total. The Balaban J connectivity index is 1.93. The lowest BCUT2D eigenvalue weighted by Gasteiger charge is -2.21. The lowest BCUT2D eigenvalue weighted by Crippen LogP contribution is -2.37. The highest BCUT2D eigenvalue weighted by Gasteiger charge is 2.23.